The maximum absolute atomic E-state index is 2.00. The Kier molecular flexibility index (Phi) is 44.3. The highest BCUT2D eigenvalue weighted by Gasteiger charge is 1.34. The maximum Gasteiger partial charge on any atom is -0.0470 e. The van der Waals surface area contributed by atoms with E-state index in [0.29, 0.717) is 0 Å². The monoisotopic (exact) mass is 148 g/mol. The van der Waals surface area contributed by atoms with Crippen molar-refractivity contribution < 1.29 is 0 Å². The highest BCUT2D eigenvalue weighted by molar-refractivity contribution is 5.85. The lowest BCUT2D eigenvalue weighted by Crippen LogP contribution is -1.26. The van der Waals surface area contributed by atoms with E-state index in [4.69, 9.17) is 0 Å². The van der Waals surface area contributed by atoms with Crippen LogP contribution in [0, 0.1) is 0 Å². The Morgan fingerprint density at radius 3 is 0.667 bits per heavy atom. The lowest BCUT2D eigenvalue weighted by atomic mass is 10.6. The summed E-state index contributed by atoms with van der Waals surface area (Å²) in [6.07, 6.45) is 8.00. The predicted octanol–water partition coefficient (Wildman–Crippen LogP) is 3.59. The van der Waals surface area contributed by atoms with Gasteiger partial charge in [0.25, 0.3) is 0 Å². The Morgan fingerprint density at radius 1 is 0.556 bits per heavy atom. The second kappa shape index (κ2) is 25.1. The average molecular weight is 149 g/mol. The normalized spacial score (nSPS) is 8.44. The Hall–Kier alpha value is -0.230. The molecule has 0 aromatic carbocycles. The quantitative estimate of drug-likeness (QED) is 0.461. The van der Waals surface area contributed by atoms with Crippen LogP contribution in [-0.4, -0.2) is 0 Å². The van der Waals surface area contributed by atoms with E-state index in [-0.39, 0.29) is 12.4 Å². The molecule has 0 atom stereocenters. The van der Waals surface area contributed by atoms with E-state index in [2.05, 4.69) is 0 Å². The summed E-state index contributed by atoms with van der Waals surface area (Å²) in [6.45, 7) is 8.00. The summed E-state index contributed by atoms with van der Waals surface area (Å²) in [6, 6.07) is 0. The third kappa shape index (κ3) is 82.6. The molecule has 0 aliphatic rings. The van der Waals surface area contributed by atoms with Gasteiger partial charge in [-0.25, -0.2) is 0 Å². The smallest absolute Gasteiger partial charge is 0.0470 e. The molecular weight excluding hydrogens is 132 g/mol. The zero-order chi connectivity index (χ0) is 6.83. The molecule has 0 aromatic heterocycles. The average Bonchev–Trinajstić information content (AvgIpc) is 1.88. The van der Waals surface area contributed by atoms with Crippen molar-refractivity contribution in [1.29, 1.82) is 0 Å². The summed E-state index contributed by atoms with van der Waals surface area (Å²) in [5, 5.41) is 0. The minimum absolute atomic E-state index is 0. The third-order valence-corrected chi connectivity index (χ3v) is 0.667. The number of rotatable bonds is 0. The molecule has 0 aliphatic carbocycles. The number of allylic oxidation sites excluding steroid dienone is 4. The predicted molar refractivity (Wildman–Crippen MR) is 48.2 cm³/mol. The molecule has 0 radical (unpaired) electrons. The Balaban J connectivity index is -0.0000000720. The molecule has 0 amide bonds. The van der Waals surface area contributed by atoms with Crippen LogP contribution in [-0.2, 0) is 0 Å². The van der Waals surface area contributed by atoms with Crippen molar-refractivity contribution in [1.82, 2.24) is 0 Å². The summed E-state index contributed by atoms with van der Waals surface area (Å²) < 4.78 is 0. The van der Waals surface area contributed by atoms with Crippen LogP contribution in [0.5, 0.6) is 0 Å². The van der Waals surface area contributed by atoms with Gasteiger partial charge in [-0.05, 0) is 27.7 Å². The first-order valence-corrected chi connectivity index (χ1v) is 2.98. The first-order chi connectivity index (χ1) is 3.83. The van der Waals surface area contributed by atoms with Crippen LogP contribution in [0.4, 0.5) is 0 Å². The maximum atomic E-state index is 2.00. The second-order valence-electron chi connectivity index (χ2n) is 1.33. The van der Waals surface area contributed by atoms with Crippen molar-refractivity contribution in [2.45, 2.75) is 27.7 Å². The van der Waals surface area contributed by atoms with Gasteiger partial charge >= 0.3 is 0 Å². The highest BCUT2D eigenvalue weighted by Crippen LogP contribution is 1.57. The highest BCUT2D eigenvalue weighted by atomic mass is 35.5. The van der Waals surface area contributed by atoms with Crippen LogP contribution in [0.1, 0.15) is 27.7 Å². The molecule has 0 saturated carbocycles. The summed E-state index contributed by atoms with van der Waals surface area (Å²) in [7, 11) is 0. The van der Waals surface area contributed by atoms with Crippen LogP contribution in [0.3, 0.4) is 0 Å². The fourth-order valence-electron chi connectivity index (χ4n) is 0. The molecule has 1 heteroatoms. The first-order valence-electron chi connectivity index (χ1n) is 2.98. The summed E-state index contributed by atoms with van der Waals surface area (Å²) >= 11 is 0. The van der Waals surface area contributed by atoms with Gasteiger partial charge in [-0.1, -0.05) is 24.3 Å². The topological polar surface area (TPSA) is 0 Å². The molecule has 0 aromatic rings. The first kappa shape index (κ1) is 15.9. The van der Waals surface area contributed by atoms with Crippen LogP contribution >= 0.6 is 12.4 Å². The van der Waals surface area contributed by atoms with Crippen LogP contribution in [0.15, 0.2) is 24.3 Å². The van der Waals surface area contributed by atoms with E-state index in [0.717, 1.165) is 0 Å². The van der Waals surface area contributed by atoms with E-state index < -0.39 is 0 Å². The molecule has 9 heavy (non-hydrogen) atoms. The lowest BCUT2D eigenvalue weighted by Gasteiger charge is -1.49. The van der Waals surface area contributed by atoms with E-state index >= 15 is 0 Å². The van der Waals surface area contributed by atoms with Crippen molar-refractivity contribution in [3.05, 3.63) is 24.3 Å². The van der Waals surface area contributed by atoms with E-state index in [1.165, 1.54) is 0 Å². The van der Waals surface area contributed by atoms with Crippen molar-refractivity contribution in [3.8, 4) is 0 Å². The molecule has 0 unspecified atom stereocenters. The van der Waals surface area contributed by atoms with Gasteiger partial charge in [0.05, 0.1) is 0 Å². The van der Waals surface area contributed by atoms with Gasteiger partial charge in [0.2, 0.25) is 0 Å². The number of hydrogen-bond donors (Lipinski definition) is 0. The van der Waals surface area contributed by atoms with Gasteiger partial charge in [0, 0.05) is 0 Å². The van der Waals surface area contributed by atoms with Crippen LogP contribution in [0.25, 0.3) is 0 Å². The molecule has 0 fully saturated rings. The molecule has 0 spiro atoms. The number of halogens is 1. The summed E-state index contributed by atoms with van der Waals surface area (Å²) in [4.78, 5) is 0. The van der Waals surface area contributed by atoms with Crippen molar-refractivity contribution in [2.75, 3.05) is 0 Å². The summed E-state index contributed by atoms with van der Waals surface area (Å²) in [5.74, 6) is 0. The van der Waals surface area contributed by atoms with E-state index in [9.17, 15) is 0 Å². The van der Waals surface area contributed by atoms with E-state index in [1.54, 1.807) is 0 Å². The van der Waals surface area contributed by atoms with Crippen molar-refractivity contribution in [2.24, 2.45) is 0 Å². The minimum atomic E-state index is 0. The molecule has 56 valence electrons. The standard InChI is InChI=1S/2C4H8.ClH/c2*1-3-4-2;/h2*3-4H,1-2H3;1H/b4-3+;4-3-;. The fraction of sp³-hybridized carbons (Fsp3) is 0.500. The summed E-state index contributed by atoms with van der Waals surface area (Å²) in [5.41, 5.74) is 0. The second-order valence-corrected chi connectivity index (χ2v) is 1.33. The van der Waals surface area contributed by atoms with Crippen LogP contribution in [0.2, 0.25) is 0 Å². The molecule has 0 saturated heterocycles. The third-order valence-electron chi connectivity index (χ3n) is 0.667. The molecule has 0 nitrogen and oxygen atoms in total. The number of hydrogen-bond acceptors (Lipinski definition) is 0. The molecule has 0 bridgehead atoms. The minimum Gasteiger partial charge on any atom is -0.147 e. The van der Waals surface area contributed by atoms with E-state index in [1.807, 2.05) is 52.0 Å². The fourth-order valence-corrected chi connectivity index (χ4v) is 0. The molecule has 0 N–H and O–H groups in total. The van der Waals surface area contributed by atoms with Crippen LogP contribution < -0.4 is 0 Å². The zero-order valence-electron chi connectivity index (χ0n) is 6.72. The Bertz CT molecular complexity index is 45.0. The lowest BCUT2D eigenvalue weighted by molar-refractivity contribution is 1.64. The van der Waals surface area contributed by atoms with Gasteiger partial charge in [-0.2, -0.15) is 0 Å². The largest absolute Gasteiger partial charge is 0.147 e. The van der Waals surface area contributed by atoms with Gasteiger partial charge in [-0.15, -0.1) is 12.4 Å². The Labute approximate surface area is 65.1 Å². The molecular formula is C8H17Cl. The molecule has 0 aliphatic heterocycles. The van der Waals surface area contributed by atoms with Gasteiger partial charge < -0.3 is 0 Å². The molecule has 0 heterocycles. The van der Waals surface area contributed by atoms with Crippen molar-refractivity contribution in [3.63, 3.8) is 0 Å². The molecule has 0 rings (SSSR count). The van der Waals surface area contributed by atoms with Gasteiger partial charge in [0.15, 0.2) is 0 Å². The van der Waals surface area contributed by atoms with Crippen molar-refractivity contribution >= 4 is 12.4 Å². The SMILES string of the molecule is C/C=C/C.C/C=C\C.Cl. The Morgan fingerprint density at radius 2 is 0.667 bits per heavy atom. The van der Waals surface area contributed by atoms with Gasteiger partial charge in [-0.3, -0.25) is 0 Å². The van der Waals surface area contributed by atoms with Gasteiger partial charge in [0.1, 0.15) is 0 Å². The zero-order valence-corrected chi connectivity index (χ0v) is 7.53.